The Morgan fingerprint density at radius 1 is 1.36 bits per heavy atom. The van der Waals surface area contributed by atoms with Crippen LogP contribution in [0.4, 0.5) is 0 Å². The van der Waals surface area contributed by atoms with Gasteiger partial charge in [-0.25, -0.2) is 0 Å². The van der Waals surface area contributed by atoms with Crippen molar-refractivity contribution in [2.24, 2.45) is 0 Å². The first-order valence-electron chi connectivity index (χ1n) is 4.59. The molecule has 0 saturated carbocycles. The molecule has 0 rings (SSSR count). The van der Waals surface area contributed by atoms with E-state index < -0.39 is 0 Å². The van der Waals surface area contributed by atoms with E-state index in [1.807, 2.05) is 19.9 Å². The van der Waals surface area contributed by atoms with E-state index in [4.69, 9.17) is 0 Å². The fourth-order valence-electron chi connectivity index (χ4n) is 0.893. The molecule has 0 aromatic carbocycles. The molecule has 0 aromatic rings. The fraction of sp³-hybridized carbons (Fsp3) is 0.800. The highest BCUT2D eigenvalue weighted by molar-refractivity contribution is 4.84. The van der Waals surface area contributed by atoms with Crippen LogP contribution in [0, 0.1) is 0 Å². The van der Waals surface area contributed by atoms with E-state index in [2.05, 4.69) is 32.4 Å². The quantitative estimate of drug-likeness (QED) is 0.567. The van der Waals surface area contributed by atoms with Crippen LogP contribution in [0.15, 0.2) is 12.7 Å². The molecule has 68 valence electrons. The zero-order valence-corrected chi connectivity index (χ0v) is 8.72. The summed E-state index contributed by atoms with van der Waals surface area (Å²) in [5.74, 6) is 0. The van der Waals surface area contributed by atoms with Gasteiger partial charge in [0, 0.05) is 6.04 Å². The van der Waals surface area contributed by atoms with Crippen LogP contribution >= 0.6 is 0 Å². The summed E-state index contributed by atoms with van der Waals surface area (Å²) in [6, 6.07) is 0.565. The minimum Gasteiger partial charge on any atom is -0.300 e. The molecular weight excluding hydrogens is 134 g/mol. The van der Waals surface area contributed by atoms with Gasteiger partial charge in [0.15, 0.2) is 0 Å². The van der Waals surface area contributed by atoms with E-state index in [1.54, 1.807) is 0 Å². The monoisotopic (exact) mass is 157 g/mol. The van der Waals surface area contributed by atoms with Crippen LogP contribution in [0.25, 0.3) is 0 Å². The van der Waals surface area contributed by atoms with Crippen molar-refractivity contribution in [1.82, 2.24) is 4.90 Å². The van der Waals surface area contributed by atoms with Crippen molar-refractivity contribution in [2.45, 2.75) is 40.2 Å². The second-order valence-corrected chi connectivity index (χ2v) is 2.28. The maximum absolute atomic E-state index is 3.76. The van der Waals surface area contributed by atoms with Crippen molar-refractivity contribution < 1.29 is 0 Å². The molecule has 0 aliphatic rings. The Hall–Kier alpha value is -0.300. The Morgan fingerprint density at radius 2 is 1.82 bits per heavy atom. The number of nitrogens with zero attached hydrogens (tertiary/aromatic N) is 1. The van der Waals surface area contributed by atoms with Gasteiger partial charge < -0.3 is 4.90 Å². The van der Waals surface area contributed by atoms with Crippen molar-refractivity contribution in [3.8, 4) is 0 Å². The largest absolute Gasteiger partial charge is 0.300 e. The van der Waals surface area contributed by atoms with E-state index in [9.17, 15) is 0 Å². The lowest BCUT2D eigenvalue weighted by molar-refractivity contribution is 0.291. The van der Waals surface area contributed by atoms with Crippen molar-refractivity contribution in [3.05, 3.63) is 12.7 Å². The lowest BCUT2D eigenvalue weighted by atomic mass is 10.2. The molecule has 0 radical (unpaired) electrons. The first-order valence-corrected chi connectivity index (χ1v) is 4.59. The first kappa shape index (κ1) is 13.3. The third kappa shape index (κ3) is 6.11. The lowest BCUT2D eigenvalue weighted by Crippen LogP contribution is -2.28. The fourth-order valence-corrected chi connectivity index (χ4v) is 0.893. The summed E-state index contributed by atoms with van der Waals surface area (Å²) in [7, 11) is 2.12. The summed E-state index contributed by atoms with van der Waals surface area (Å²) in [6.07, 6.45) is 3.16. The van der Waals surface area contributed by atoms with Gasteiger partial charge in [-0.1, -0.05) is 33.8 Å². The second-order valence-electron chi connectivity index (χ2n) is 2.28. The summed E-state index contributed by atoms with van der Waals surface area (Å²) in [6.45, 7) is 13.2. The molecule has 1 unspecified atom stereocenters. The molecule has 0 bridgehead atoms. The standard InChI is InChI=1S/C8H17N.C2H6/c1-5-8(6-2)9(4)7-3;1-2/h5,8H,1,6-7H2,2-4H3;1-2H3. The van der Waals surface area contributed by atoms with Crippen LogP contribution in [-0.2, 0) is 0 Å². The Labute approximate surface area is 72.1 Å². The summed E-state index contributed by atoms with van der Waals surface area (Å²) in [5, 5.41) is 0. The molecule has 0 aliphatic carbocycles. The Morgan fingerprint density at radius 3 is 1.91 bits per heavy atom. The molecule has 0 aliphatic heterocycles. The highest BCUT2D eigenvalue weighted by atomic mass is 15.1. The highest BCUT2D eigenvalue weighted by Crippen LogP contribution is 2.00. The molecule has 0 saturated heterocycles. The molecule has 0 amide bonds. The number of hydrogen-bond acceptors (Lipinski definition) is 1. The summed E-state index contributed by atoms with van der Waals surface area (Å²) < 4.78 is 0. The van der Waals surface area contributed by atoms with Crippen LogP contribution in [-0.4, -0.2) is 24.5 Å². The van der Waals surface area contributed by atoms with Gasteiger partial charge in [0.05, 0.1) is 0 Å². The van der Waals surface area contributed by atoms with Gasteiger partial charge >= 0.3 is 0 Å². The zero-order chi connectivity index (χ0) is 9.28. The van der Waals surface area contributed by atoms with Crippen molar-refractivity contribution in [1.29, 1.82) is 0 Å². The van der Waals surface area contributed by atoms with Gasteiger partial charge in [-0.15, -0.1) is 6.58 Å². The van der Waals surface area contributed by atoms with Crippen molar-refractivity contribution in [3.63, 3.8) is 0 Å². The molecule has 0 N–H and O–H groups in total. The molecule has 0 aromatic heterocycles. The van der Waals surface area contributed by atoms with E-state index in [1.165, 1.54) is 0 Å². The van der Waals surface area contributed by atoms with Gasteiger partial charge in [-0.05, 0) is 20.0 Å². The molecule has 0 heterocycles. The van der Waals surface area contributed by atoms with Gasteiger partial charge in [0.1, 0.15) is 0 Å². The Kier molecular flexibility index (Phi) is 11.7. The average molecular weight is 157 g/mol. The SMILES string of the molecule is C=CC(CC)N(C)CC.CC. The molecule has 1 nitrogen and oxygen atoms in total. The molecule has 1 heteroatoms. The predicted molar refractivity (Wildman–Crippen MR) is 53.9 cm³/mol. The first-order chi connectivity index (χ1) is 5.26. The Bertz CT molecular complexity index is 78.9. The van der Waals surface area contributed by atoms with E-state index in [0.717, 1.165) is 13.0 Å². The molecule has 0 spiro atoms. The van der Waals surface area contributed by atoms with E-state index >= 15 is 0 Å². The number of hydrogen-bond donors (Lipinski definition) is 0. The molecule has 0 fully saturated rings. The minimum absolute atomic E-state index is 0.565. The number of likely N-dealkylation sites (N-methyl/N-ethyl adjacent to an activating group) is 1. The third-order valence-corrected chi connectivity index (χ3v) is 1.76. The predicted octanol–water partition coefficient (Wildman–Crippen LogP) is 2.93. The van der Waals surface area contributed by atoms with Crippen LogP contribution < -0.4 is 0 Å². The van der Waals surface area contributed by atoms with Gasteiger partial charge in [0.25, 0.3) is 0 Å². The minimum atomic E-state index is 0.565. The number of rotatable bonds is 4. The van der Waals surface area contributed by atoms with Crippen LogP contribution in [0.1, 0.15) is 34.1 Å². The maximum Gasteiger partial charge on any atom is 0.0269 e. The van der Waals surface area contributed by atoms with Crippen molar-refractivity contribution >= 4 is 0 Å². The normalized spacial score (nSPS) is 11.8. The van der Waals surface area contributed by atoms with E-state index in [0.29, 0.717) is 6.04 Å². The second kappa shape index (κ2) is 9.70. The lowest BCUT2D eigenvalue weighted by Gasteiger charge is -2.21. The summed E-state index contributed by atoms with van der Waals surface area (Å²) in [4.78, 5) is 2.28. The third-order valence-electron chi connectivity index (χ3n) is 1.76. The highest BCUT2D eigenvalue weighted by Gasteiger charge is 2.03. The van der Waals surface area contributed by atoms with Gasteiger partial charge in [-0.3, -0.25) is 0 Å². The zero-order valence-electron chi connectivity index (χ0n) is 8.72. The summed E-state index contributed by atoms with van der Waals surface area (Å²) >= 11 is 0. The summed E-state index contributed by atoms with van der Waals surface area (Å²) in [5.41, 5.74) is 0. The van der Waals surface area contributed by atoms with Crippen LogP contribution in [0.3, 0.4) is 0 Å². The molecular formula is C10H23N. The molecule has 11 heavy (non-hydrogen) atoms. The maximum atomic E-state index is 3.76. The molecule has 1 atom stereocenters. The Balaban J connectivity index is 0. The van der Waals surface area contributed by atoms with Gasteiger partial charge in [-0.2, -0.15) is 0 Å². The topological polar surface area (TPSA) is 3.24 Å². The van der Waals surface area contributed by atoms with Crippen LogP contribution in [0.2, 0.25) is 0 Å². The average Bonchev–Trinajstić information content (AvgIpc) is 2.10. The van der Waals surface area contributed by atoms with E-state index in [-0.39, 0.29) is 0 Å². The van der Waals surface area contributed by atoms with Gasteiger partial charge in [0.2, 0.25) is 0 Å². The smallest absolute Gasteiger partial charge is 0.0269 e. The van der Waals surface area contributed by atoms with Crippen LogP contribution in [0.5, 0.6) is 0 Å². The van der Waals surface area contributed by atoms with Crippen molar-refractivity contribution in [2.75, 3.05) is 13.6 Å².